The number of hydrogen-bond acceptors (Lipinski definition) is 2. The highest BCUT2D eigenvalue weighted by Crippen LogP contribution is 2.50. The number of rotatable bonds is 0. The number of nitrogens with zero attached hydrogens (tertiary/aromatic N) is 1. The molecule has 0 aromatic rings. The molecule has 3 aliphatic heterocycles. The molecular weight excluding hydrogens is 241 g/mol. The molecule has 3 saturated heterocycles. The molecule has 0 aliphatic carbocycles. The van der Waals surface area contributed by atoms with Crippen LogP contribution >= 0.6 is 0 Å². The monoisotopic (exact) mass is 257 g/mol. The van der Waals surface area contributed by atoms with E-state index in [1.165, 1.54) is 0 Å². The van der Waals surface area contributed by atoms with Gasteiger partial charge < -0.3 is 31.6 Å². The van der Waals surface area contributed by atoms with Crippen molar-refractivity contribution in [1.82, 2.24) is 0 Å². The van der Waals surface area contributed by atoms with E-state index in [0.29, 0.717) is 24.3 Å². The van der Waals surface area contributed by atoms with Gasteiger partial charge in [-0.05, 0) is 0 Å². The van der Waals surface area contributed by atoms with E-state index in [-0.39, 0.29) is 6.10 Å². The van der Waals surface area contributed by atoms with Crippen molar-refractivity contribution in [3.8, 4) is 0 Å². The summed E-state index contributed by atoms with van der Waals surface area (Å²) >= 11 is 0. The summed E-state index contributed by atoms with van der Waals surface area (Å²) in [6, 6.07) is 1.12. The zero-order valence-corrected chi connectivity index (χ0v) is 9.69. The fourth-order valence-electron chi connectivity index (χ4n) is 3.22. The normalized spacial score (nSPS) is 45.7. The Morgan fingerprint density at radius 2 is 1.41 bits per heavy atom. The summed E-state index contributed by atoms with van der Waals surface area (Å²) in [5.74, 6) is 0. The second-order valence-corrected chi connectivity index (χ2v) is 5.45. The van der Waals surface area contributed by atoms with Gasteiger partial charge in [0.2, 0.25) is 0 Å². The van der Waals surface area contributed by atoms with Crippen LogP contribution < -0.4 is 0 Å². The zero-order valence-electron chi connectivity index (χ0n) is 9.69. The van der Waals surface area contributed by atoms with E-state index in [1.807, 2.05) is 0 Å². The smallest absolute Gasteiger partial charge is 0.418 e. The topological polar surface area (TPSA) is 32.8 Å². The second-order valence-electron chi connectivity index (χ2n) is 5.45. The summed E-state index contributed by atoms with van der Waals surface area (Å²) in [7, 11) is -1.45. The number of epoxide rings is 1. The third-order valence-electron chi connectivity index (χ3n) is 4.06. The van der Waals surface area contributed by atoms with E-state index < -0.39 is 7.25 Å². The molecular formula is C9H16BF4NO2. The van der Waals surface area contributed by atoms with Crippen LogP contribution in [0.15, 0.2) is 0 Å². The van der Waals surface area contributed by atoms with Gasteiger partial charge in [-0.1, -0.05) is 0 Å². The highest BCUT2D eigenvalue weighted by Gasteiger charge is 2.70. The van der Waals surface area contributed by atoms with E-state index in [9.17, 15) is 22.4 Å². The van der Waals surface area contributed by atoms with Gasteiger partial charge in [-0.3, -0.25) is 0 Å². The molecule has 3 fully saturated rings. The predicted octanol–water partition coefficient (Wildman–Crippen LogP) is 1.04. The first-order chi connectivity index (χ1) is 7.60. The Kier molecular flexibility index (Phi) is 2.95. The molecule has 0 radical (unpaired) electrons. The zero-order chi connectivity index (χ0) is 13.0. The largest absolute Gasteiger partial charge is 0.673 e. The number of morpholine rings is 1. The lowest BCUT2D eigenvalue weighted by molar-refractivity contribution is -0.938. The van der Waals surface area contributed by atoms with Crippen LogP contribution in [0.25, 0.3) is 0 Å². The van der Waals surface area contributed by atoms with Crippen LogP contribution in [0, 0.1) is 0 Å². The van der Waals surface area contributed by atoms with Gasteiger partial charge in [0.15, 0.2) is 0 Å². The fourth-order valence-corrected chi connectivity index (χ4v) is 3.22. The Hall–Kier alpha value is -0.335. The van der Waals surface area contributed by atoms with Crippen molar-refractivity contribution in [3.63, 3.8) is 0 Å². The standard InChI is InChI=1S/C9H16NO2.BF4/c1-10(2)6-3-5(11)4-7(10)9-8(6)12-9;2-1(3,4)5/h5-9,11H,3-4H2,1-2H3;/q+1;-1. The van der Waals surface area contributed by atoms with Gasteiger partial charge >= 0.3 is 7.25 Å². The van der Waals surface area contributed by atoms with Gasteiger partial charge in [-0.25, -0.2) is 0 Å². The summed E-state index contributed by atoms with van der Waals surface area (Å²) in [5, 5.41) is 9.60. The maximum Gasteiger partial charge on any atom is 0.673 e. The minimum atomic E-state index is -6.00. The van der Waals surface area contributed by atoms with Crippen molar-refractivity contribution in [2.75, 3.05) is 14.1 Å². The molecule has 0 saturated carbocycles. The molecule has 3 nitrogen and oxygen atoms in total. The predicted molar refractivity (Wildman–Crippen MR) is 53.8 cm³/mol. The Bertz CT molecular complexity index is 286. The van der Waals surface area contributed by atoms with Gasteiger partial charge in [-0.15, -0.1) is 0 Å². The van der Waals surface area contributed by atoms with Gasteiger partial charge in [0.1, 0.15) is 24.3 Å². The summed E-state index contributed by atoms with van der Waals surface area (Å²) in [6.45, 7) is 0. The van der Waals surface area contributed by atoms with Crippen LogP contribution in [0.4, 0.5) is 17.3 Å². The number of aliphatic hydroxyl groups excluding tert-OH is 1. The number of aliphatic hydroxyl groups is 1. The van der Waals surface area contributed by atoms with Crippen molar-refractivity contribution in [3.05, 3.63) is 0 Å². The Morgan fingerprint density at radius 3 is 1.76 bits per heavy atom. The minimum absolute atomic E-state index is 0.0671. The molecule has 4 unspecified atom stereocenters. The lowest BCUT2D eigenvalue weighted by atomic mass is 9.97. The highest BCUT2D eigenvalue weighted by molar-refractivity contribution is 6.50. The van der Waals surface area contributed by atoms with E-state index >= 15 is 0 Å². The number of likely N-dealkylation sites (N-methyl/N-ethyl adjacent to an activating group) is 1. The SMILES string of the molecule is C[N+]1(C)C2CC(O)CC1C1OC12.F[B-](F)(F)F. The molecule has 0 aromatic carbocycles. The van der Waals surface area contributed by atoms with Crippen molar-refractivity contribution in [2.45, 2.75) is 43.2 Å². The third-order valence-corrected chi connectivity index (χ3v) is 4.06. The Morgan fingerprint density at radius 1 is 1.06 bits per heavy atom. The van der Waals surface area contributed by atoms with Crippen molar-refractivity contribution < 1.29 is 31.6 Å². The van der Waals surface area contributed by atoms with Crippen LogP contribution in [-0.2, 0) is 4.74 Å². The first-order valence-electron chi connectivity index (χ1n) is 5.65. The summed E-state index contributed by atoms with van der Waals surface area (Å²) in [5.41, 5.74) is 0. The number of halogens is 4. The first-order valence-corrected chi connectivity index (χ1v) is 5.65. The van der Waals surface area contributed by atoms with Crippen LogP contribution in [0.5, 0.6) is 0 Å². The average molecular weight is 257 g/mol. The van der Waals surface area contributed by atoms with E-state index in [1.54, 1.807) is 0 Å². The van der Waals surface area contributed by atoms with Gasteiger partial charge in [0.25, 0.3) is 0 Å². The molecule has 100 valence electrons. The van der Waals surface area contributed by atoms with E-state index in [4.69, 9.17) is 4.74 Å². The Balaban J connectivity index is 0.000000188. The summed E-state index contributed by atoms with van der Waals surface area (Å²) in [6.07, 6.45) is 2.75. The third kappa shape index (κ3) is 2.58. The molecule has 0 spiro atoms. The van der Waals surface area contributed by atoms with Crippen LogP contribution in [0.1, 0.15) is 12.8 Å². The number of fused-ring (bicyclic) bond motifs is 5. The van der Waals surface area contributed by atoms with Gasteiger partial charge in [0, 0.05) is 12.8 Å². The Labute approximate surface area is 97.0 Å². The summed E-state index contributed by atoms with van der Waals surface area (Å²) < 4.78 is 45.7. The van der Waals surface area contributed by atoms with Crippen molar-refractivity contribution >= 4 is 7.25 Å². The van der Waals surface area contributed by atoms with E-state index in [0.717, 1.165) is 17.3 Å². The van der Waals surface area contributed by atoms with Gasteiger partial charge in [-0.2, -0.15) is 0 Å². The summed E-state index contributed by atoms with van der Waals surface area (Å²) in [4.78, 5) is 0. The lowest BCUT2D eigenvalue weighted by Crippen LogP contribution is -2.59. The van der Waals surface area contributed by atoms with Crippen LogP contribution in [-0.4, -0.2) is 61.3 Å². The van der Waals surface area contributed by atoms with Crippen LogP contribution in [0.3, 0.4) is 0 Å². The van der Waals surface area contributed by atoms with E-state index in [2.05, 4.69) is 14.1 Å². The molecule has 3 rings (SSSR count). The lowest BCUT2D eigenvalue weighted by Gasteiger charge is -2.44. The molecule has 2 bridgehead atoms. The number of quaternary nitrogens is 1. The molecule has 3 aliphatic rings. The van der Waals surface area contributed by atoms with Gasteiger partial charge in [0.05, 0.1) is 20.2 Å². The number of piperidine rings is 1. The fraction of sp³-hybridized carbons (Fsp3) is 1.00. The number of hydrogen-bond donors (Lipinski definition) is 1. The molecule has 1 N–H and O–H groups in total. The molecule has 0 aromatic heterocycles. The molecule has 4 atom stereocenters. The second kappa shape index (κ2) is 3.83. The maximum absolute atomic E-state index is 9.75. The maximum atomic E-state index is 9.75. The highest BCUT2D eigenvalue weighted by atomic mass is 19.5. The molecule has 0 amide bonds. The minimum Gasteiger partial charge on any atom is -0.418 e. The van der Waals surface area contributed by atoms with Crippen molar-refractivity contribution in [2.24, 2.45) is 0 Å². The average Bonchev–Trinajstić information content (AvgIpc) is 2.79. The van der Waals surface area contributed by atoms with Crippen molar-refractivity contribution in [1.29, 1.82) is 0 Å². The first kappa shape index (κ1) is 13.1. The molecule has 8 heteroatoms. The molecule has 3 heterocycles. The van der Waals surface area contributed by atoms with Crippen LogP contribution in [0.2, 0.25) is 0 Å². The molecule has 17 heavy (non-hydrogen) atoms. The quantitative estimate of drug-likeness (QED) is 0.304. The number of ether oxygens (including phenoxy) is 1.